The van der Waals surface area contributed by atoms with Gasteiger partial charge in [-0.3, -0.25) is 4.79 Å². The van der Waals surface area contributed by atoms with Gasteiger partial charge < -0.3 is 10.6 Å². The number of hydrogen-bond donors (Lipinski definition) is 2. The fourth-order valence-electron chi connectivity index (χ4n) is 1.76. The van der Waals surface area contributed by atoms with Gasteiger partial charge in [0.05, 0.1) is 11.8 Å². The Kier molecular flexibility index (Phi) is 5.92. The Hall–Kier alpha value is -1.65. The Morgan fingerprint density at radius 1 is 1.35 bits per heavy atom. The number of rotatable bonds is 7. The average Bonchev–Trinajstić information content (AvgIpc) is 2.45. The highest BCUT2D eigenvalue weighted by molar-refractivity contribution is 5.99. The molecule has 0 saturated carbocycles. The van der Waals surface area contributed by atoms with E-state index in [0.717, 1.165) is 25.5 Å². The summed E-state index contributed by atoms with van der Waals surface area (Å²) in [4.78, 5) is 16.3. The summed E-state index contributed by atoms with van der Waals surface area (Å²) in [6.45, 7) is 8.73. The molecule has 0 radical (unpaired) electrons. The summed E-state index contributed by atoms with van der Waals surface area (Å²) in [5.74, 6) is -0.367. The van der Waals surface area contributed by atoms with Crippen molar-refractivity contribution in [1.29, 1.82) is 0 Å². The van der Waals surface area contributed by atoms with Crippen LogP contribution in [0.2, 0.25) is 0 Å². The highest BCUT2D eigenvalue weighted by atomic mass is 19.1. The van der Waals surface area contributed by atoms with Crippen molar-refractivity contribution in [2.45, 2.75) is 52.5 Å². The molecular weight excluding hydrogens is 257 g/mol. The fraction of sp³-hybridized carbons (Fsp3) is 0.600. The lowest BCUT2D eigenvalue weighted by atomic mass is 9.95. The largest absolute Gasteiger partial charge is 0.369 e. The molecule has 5 heteroatoms. The van der Waals surface area contributed by atoms with Crippen LogP contribution >= 0.6 is 0 Å². The molecule has 0 aliphatic carbocycles. The minimum absolute atomic E-state index is 0.256. The highest BCUT2D eigenvalue weighted by Crippen LogP contribution is 2.18. The van der Waals surface area contributed by atoms with Gasteiger partial charge in [0.15, 0.2) is 0 Å². The lowest BCUT2D eigenvalue weighted by Gasteiger charge is -2.28. The SMILES string of the molecule is CCCNc1ncc(F)cc1C(=O)NC(C)(CC)CC. The third kappa shape index (κ3) is 4.18. The number of hydrogen-bond acceptors (Lipinski definition) is 3. The molecule has 0 spiro atoms. The Morgan fingerprint density at radius 3 is 2.55 bits per heavy atom. The second kappa shape index (κ2) is 7.22. The topological polar surface area (TPSA) is 54.0 Å². The van der Waals surface area contributed by atoms with E-state index in [-0.39, 0.29) is 17.0 Å². The van der Waals surface area contributed by atoms with E-state index in [1.807, 2.05) is 27.7 Å². The summed E-state index contributed by atoms with van der Waals surface area (Å²) >= 11 is 0. The number of pyridine rings is 1. The molecule has 1 rings (SSSR count). The molecule has 112 valence electrons. The molecule has 0 unspecified atom stereocenters. The minimum atomic E-state index is -0.508. The Morgan fingerprint density at radius 2 is 2.00 bits per heavy atom. The number of anilines is 1. The zero-order valence-electron chi connectivity index (χ0n) is 12.7. The van der Waals surface area contributed by atoms with Crippen molar-refractivity contribution in [1.82, 2.24) is 10.3 Å². The van der Waals surface area contributed by atoms with Crippen LogP contribution in [0.15, 0.2) is 12.3 Å². The Labute approximate surface area is 120 Å². The van der Waals surface area contributed by atoms with Crippen molar-refractivity contribution in [2.24, 2.45) is 0 Å². The first-order chi connectivity index (χ1) is 9.45. The third-order valence-electron chi connectivity index (χ3n) is 3.62. The van der Waals surface area contributed by atoms with Gasteiger partial charge >= 0.3 is 0 Å². The van der Waals surface area contributed by atoms with E-state index in [4.69, 9.17) is 0 Å². The third-order valence-corrected chi connectivity index (χ3v) is 3.62. The van der Waals surface area contributed by atoms with Crippen LogP contribution in [-0.2, 0) is 0 Å². The van der Waals surface area contributed by atoms with E-state index in [0.29, 0.717) is 12.4 Å². The summed E-state index contributed by atoms with van der Waals surface area (Å²) in [7, 11) is 0. The predicted molar refractivity (Wildman–Crippen MR) is 79.4 cm³/mol. The average molecular weight is 281 g/mol. The molecule has 0 aliphatic rings. The van der Waals surface area contributed by atoms with Crippen molar-refractivity contribution in [3.63, 3.8) is 0 Å². The van der Waals surface area contributed by atoms with Gasteiger partial charge in [-0.1, -0.05) is 20.8 Å². The van der Waals surface area contributed by atoms with Gasteiger partial charge in [0.1, 0.15) is 11.6 Å². The summed E-state index contributed by atoms with van der Waals surface area (Å²) in [5, 5.41) is 6.02. The van der Waals surface area contributed by atoms with Gasteiger partial charge in [-0.15, -0.1) is 0 Å². The minimum Gasteiger partial charge on any atom is -0.369 e. The number of halogens is 1. The van der Waals surface area contributed by atoms with E-state index in [1.54, 1.807) is 0 Å². The van der Waals surface area contributed by atoms with Gasteiger partial charge in [0, 0.05) is 12.1 Å². The zero-order chi connectivity index (χ0) is 15.2. The van der Waals surface area contributed by atoms with Gasteiger partial charge in [-0.05, 0) is 32.3 Å². The second-order valence-electron chi connectivity index (χ2n) is 5.20. The first-order valence-corrected chi connectivity index (χ1v) is 7.17. The quantitative estimate of drug-likeness (QED) is 0.806. The monoisotopic (exact) mass is 281 g/mol. The van der Waals surface area contributed by atoms with Crippen molar-refractivity contribution >= 4 is 11.7 Å². The molecule has 0 saturated heterocycles. The number of nitrogens with one attached hydrogen (secondary N) is 2. The van der Waals surface area contributed by atoms with E-state index in [9.17, 15) is 9.18 Å². The van der Waals surface area contributed by atoms with Crippen molar-refractivity contribution in [2.75, 3.05) is 11.9 Å². The standard InChI is InChI=1S/C15H24FN3O/c1-5-8-17-13-12(9-11(16)10-18-13)14(20)19-15(4,6-2)7-3/h9-10H,5-8H2,1-4H3,(H,17,18)(H,19,20). The molecule has 0 aromatic carbocycles. The first kappa shape index (κ1) is 16.4. The molecule has 20 heavy (non-hydrogen) atoms. The van der Waals surface area contributed by atoms with Gasteiger partial charge in [0.25, 0.3) is 5.91 Å². The maximum atomic E-state index is 13.4. The summed E-state index contributed by atoms with van der Waals surface area (Å²) in [6.07, 6.45) is 3.65. The van der Waals surface area contributed by atoms with Crippen molar-refractivity contribution in [3.05, 3.63) is 23.6 Å². The van der Waals surface area contributed by atoms with Crippen molar-refractivity contribution < 1.29 is 9.18 Å². The molecule has 0 aliphatic heterocycles. The second-order valence-corrected chi connectivity index (χ2v) is 5.20. The Balaban J connectivity index is 2.98. The molecule has 0 bridgehead atoms. The molecule has 1 aromatic heterocycles. The smallest absolute Gasteiger partial charge is 0.255 e. The van der Waals surface area contributed by atoms with Crippen LogP contribution in [0.25, 0.3) is 0 Å². The van der Waals surface area contributed by atoms with Gasteiger partial charge in [0.2, 0.25) is 0 Å². The summed E-state index contributed by atoms with van der Waals surface area (Å²) < 4.78 is 13.4. The lowest BCUT2D eigenvalue weighted by Crippen LogP contribution is -2.45. The van der Waals surface area contributed by atoms with E-state index in [2.05, 4.69) is 15.6 Å². The van der Waals surface area contributed by atoms with Gasteiger partial charge in [-0.25, -0.2) is 9.37 Å². The van der Waals surface area contributed by atoms with Crippen LogP contribution in [0.4, 0.5) is 10.2 Å². The van der Waals surface area contributed by atoms with E-state index < -0.39 is 5.82 Å². The Bertz CT molecular complexity index is 458. The van der Waals surface area contributed by atoms with Crippen LogP contribution in [-0.4, -0.2) is 23.0 Å². The van der Waals surface area contributed by atoms with Crippen molar-refractivity contribution in [3.8, 4) is 0 Å². The number of carbonyl (C=O) groups is 1. The highest BCUT2D eigenvalue weighted by Gasteiger charge is 2.24. The molecule has 0 fully saturated rings. The lowest BCUT2D eigenvalue weighted by molar-refractivity contribution is 0.0901. The summed E-state index contributed by atoms with van der Waals surface area (Å²) in [5.41, 5.74) is -0.0302. The van der Waals surface area contributed by atoms with Crippen LogP contribution in [0.5, 0.6) is 0 Å². The molecule has 2 N–H and O–H groups in total. The maximum absolute atomic E-state index is 13.4. The van der Waals surface area contributed by atoms with Crippen LogP contribution in [0, 0.1) is 5.82 Å². The number of carbonyl (C=O) groups excluding carboxylic acids is 1. The zero-order valence-corrected chi connectivity index (χ0v) is 12.7. The number of nitrogens with zero attached hydrogens (tertiary/aromatic N) is 1. The molecular formula is C15H24FN3O. The first-order valence-electron chi connectivity index (χ1n) is 7.17. The van der Waals surface area contributed by atoms with E-state index in [1.165, 1.54) is 6.07 Å². The van der Waals surface area contributed by atoms with Crippen LogP contribution in [0.3, 0.4) is 0 Å². The van der Waals surface area contributed by atoms with Crippen LogP contribution in [0.1, 0.15) is 57.3 Å². The molecule has 0 atom stereocenters. The maximum Gasteiger partial charge on any atom is 0.255 e. The number of aromatic nitrogens is 1. The molecule has 1 aromatic rings. The normalized spacial score (nSPS) is 11.2. The predicted octanol–water partition coefficient (Wildman–Crippen LogP) is 3.35. The molecule has 1 heterocycles. The fourth-order valence-corrected chi connectivity index (χ4v) is 1.76. The van der Waals surface area contributed by atoms with E-state index >= 15 is 0 Å². The van der Waals surface area contributed by atoms with Crippen LogP contribution < -0.4 is 10.6 Å². The number of amides is 1. The van der Waals surface area contributed by atoms with Gasteiger partial charge in [-0.2, -0.15) is 0 Å². The molecule has 4 nitrogen and oxygen atoms in total. The summed E-state index contributed by atoms with van der Waals surface area (Å²) in [6, 6.07) is 1.23. The molecule has 1 amide bonds.